The van der Waals surface area contributed by atoms with Crippen molar-refractivity contribution in [1.29, 1.82) is 0 Å². The quantitative estimate of drug-likeness (QED) is 0.789. The Hall–Kier alpha value is -2.08. The summed E-state index contributed by atoms with van der Waals surface area (Å²) >= 11 is 0. The van der Waals surface area contributed by atoms with Gasteiger partial charge in [0, 0.05) is 18.3 Å². The molecule has 1 aromatic rings. The number of hydrogen-bond donors (Lipinski definition) is 2. The molecule has 0 bridgehead atoms. The molecule has 0 aliphatic rings. The van der Waals surface area contributed by atoms with Gasteiger partial charge in [-0.05, 0) is 33.0 Å². The Morgan fingerprint density at radius 3 is 2.71 bits per heavy atom. The third-order valence-electron chi connectivity index (χ3n) is 3.14. The highest BCUT2D eigenvalue weighted by atomic mass is 16.5. The van der Waals surface area contributed by atoms with Gasteiger partial charge >= 0.3 is 0 Å². The lowest BCUT2D eigenvalue weighted by Gasteiger charge is -2.23. The lowest BCUT2D eigenvalue weighted by atomic mass is 10.2. The Kier molecular flexibility index (Phi) is 6.68. The van der Waals surface area contributed by atoms with Crippen LogP contribution in [0.25, 0.3) is 0 Å². The summed E-state index contributed by atoms with van der Waals surface area (Å²) in [4.78, 5) is 25.4. The Labute approximate surface area is 125 Å². The van der Waals surface area contributed by atoms with Crippen LogP contribution in [-0.2, 0) is 9.59 Å². The summed E-state index contributed by atoms with van der Waals surface area (Å²) in [6.07, 6.45) is 0. The fourth-order valence-electron chi connectivity index (χ4n) is 1.79. The molecule has 0 aromatic heterocycles. The molecule has 0 saturated carbocycles. The second kappa shape index (κ2) is 8.26. The monoisotopic (exact) mass is 293 g/mol. The maximum absolute atomic E-state index is 12.0. The minimum absolute atomic E-state index is 0.0887. The topological polar surface area (TPSA) is 70.7 Å². The lowest BCUT2D eigenvalue weighted by molar-refractivity contribution is -0.126. The Morgan fingerprint density at radius 2 is 2.10 bits per heavy atom. The van der Waals surface area contributed by atoms with Gasteiger partial charge in [0.2, 0.25) is 11.8 Å². The third-order valence-corrected chi connectivity index (χ3v) is 3.14. The van der Waals surface area contributed by atoms with Crippen LogP contribution in [-0.4, -0.2) is 50.0 Å². The molecule has 0 fully saturated rings. The van der Waals surface area contributed by atoms with Crippen molar-refractivity contribution in [2.75, 3.05) is 32.6 Å². The van der Waals surface area contributed by atoms with Gasteiger partial charge in [-0.2, -0.15) is 0 Å². The maximum Gasteiger partial charge on any atom is 0.238 e. The molecule has 116 valence electrons. The fraction of sp³-hybridized carbons (Fsp3) is 0.467. The number of nitrogens with zero attached hydrogens (tertiary/aromatic N) is 1. The number of likely N-dealkylation sites (N-methyl/N-ethyl adjacent to an activating group) is 2. The van der Waals surface area contributed by atoms with E-state index in [1.807, 2.05) is 6.92 Å². The van der Waals surface area contributed by atoms with Crippen LogP contribution >= 0.6 is 0 Å². The van der Waals surface area contributed by atoms with Crippen LogP contribution in [0.4, 0.5) is 5.69 Å². The van der Waals surface area contributed by atoms with Gasteiger partial charge in [-0.25, -0.2) is 0 Å². The van der Waals surface area contributed by atoms with Gasteiger partial charge in [-0.1, -0.05) is 6.07 Å². The van der Waals surface area contributed by atoms with Crippen LogP contribution in [0.5, 0.6) is 5.75 Å². The number of anilines is 1. The molecule has 2 N–H and O–H groups in total. The van der Waals surface area contributed by atoms with E-state index in [1.165, 1.54) is 0 Å². The van der Waals surface area contributed by atoms with E-state index in [-0.39, 0.29) is 24.4 Å². The minimum atomic E-state index is -0.360. The SMILES string of the molecule is CCNC(=O)[C@H](C)N(C)CC(=O)Nc1cccc(OC)c1. The van der Waals surface area contributed by atoms with Crippen molar-refractivity contribution < 1.29 is 14.3 Å². The predicted molar refractivity (Wildman–Crippen MR) is 82.4 cm³/mol. The smallest absolute Gasteiger partial charge is 0.238 e. The molecule has 1 aromatic carbocycles. The molecule has 0 aliphatic carbocycles. The van der Waals surface area contributed by atoms with Crippen molar-refractivity contribution in [2.45, 2.75) is 19.9 Å². The molecule has 6 heteroatoms. The second-order valence-corrected chi connectivity index (χ2v) is 4.77. The number of benzene rings is 1. The van der Waals surface area contributed by atoms with E-state index in [2.05, 4.69) is 10.6 Å². The largest absolute Gasteiger partial charge is 0.497 e. The van der Waals surface area contributed by atoms with Crippen LogP contribution in [0.15, 0.2) is 24.3 Å². The number of amides is 2. The second-order valence-electron chi connectivity index (χ2n) is 4.77. The van der Waals surface area contributed by atoms with Crippen molar-refractivity contribution >= 4 is 17.5 Å². The molecule has 0 aliphatic heterocycles. The van der Waals surface area contributed by atoms with Crippen LogP contribution < -0.4 is 15.4 Å². The highest BCUT2D eigenvalue weighted by Crippen LogP contribution is 2.16. The van der Waals surface area contributed by atoms with Crippen LogP contribution in [0.2, 0.25) is 0 Å². The van der Waals surface area contributed by atoms with Crippen LogP contribution in [0.1, 0.15) is 13.8 Å². The third kappa shape index (κ3) is 5.43. The van der Waals surface area contributed by atoms with Crippen molar-refractivity contribution in [1.82, 2.24) is 10.2 Å². The maximum atomic E-state index is 12.0. The van der Waals surface area contributed by atoms with E-state index >= 15 is 0 Å². The average Bonchev–Trinajstić information content (AvgIpc) is 2.46. The van der Waals surface area contributed by atoms with E-state index in [0.717, 1.165) is 0 Å². The van der Waals surface area contributed by atoms with E-state index in [1.54, 1.807) is 50.2 Å². The van der Waals surface area contributed by atoms with Crippen molar-refractivity contribution in [3.05, 3.63) is 24.3 Å². The Morgan fingerprint density at radius 1 is 1.38 bits per heavy atom. The molecular weight excluding hydrogens is 270 g/mol. The van der Waals surface area contributed by atoms with E-state index in [9.17, 15) is 9.59 Å². The molecular formula is C15H23N3O3. The van der Waals surface area contributed by atoms with Gasteiger partial charge in [0.15, 0.2) is 0 Å². The van der Waals surface area contributed by atoms with E-state index in [0.29, 0.717) is 18.0 Å². The van der Waals surface area contributed by atoms with Crippen LogP contribution in [0, 0.1) is 0 Å². The van der Waals surface area contributed by atoms with Gasteiger partial charge in [0.1, 0.15) is 5.75 Å². The predicted octanol–water partition coefficient (Wildman–Crippen LogP) is 1.09. The Bertz CT molecular complexity index is 491. The molecule has 6 nitrogen and oxygen atoms in total. The molecule has 0 unspecified atom stereocenters. The van der Waals surface area contributed by atoms with Crippen molar-refractivity contribution in [2.24, 2.45) is 0 Å². The summed E-state index contributed by atoms with van der Waals surface area (Å²) in [6, 6.07) is 6.77. The first kappa shape index (κ1) is 17.0. The van der Waals surface area contributed by atoms with Gasteiger partial charge in [-0.3, -0.25) is 14.5 Å². The van der Waals surface area contributed by atoms with Crippen molar-refractivity contribution in [3.8, 4) is 5.75 Å². The lowest BCUT2D eigenvalue weighted by Crippen LogP contribution is -2.45. The standard InChI is InChI=1S/C15H23N3O3/c1-5-16-15(20)11(2)18(3)10-14(19)17-12-7-6-8-13(9-12)21-4/h6-9,11H,5,10H2,1-4H3,(H,16,20)(H,17,19)/t11-/m0/s1. The zero-order chi connectivity index (χ0) is 15.8. The molecule has 0 radical (unpaired) electrons. The zero-order valence-corrected chi connectivity index (χ0v) is 13.0. The summed E-state index contributed by atoms with van der Waals surface area (Å²) in [5, 5.41) is 5.52. The first-order chi connectivity index (χ1) is 9.97. The number of ether oxygens (including phenoxy) is 1. The normalized spacial score (nSPS) is 11.9. The summed E-state index contributed by atoms with van der Waals surface area (Å²) < 4.78 is 5.10. The van der Waals surface area contributed by atoms with Gasteiger partial charge in [0.25, 0.3) is 0 Å². The molecule has 0 saturated heterocycles. The average molecular weight is 293 g/mol. The van der Waals surface area contributed by atoms with E-state index < -0.39 is 0 Å². The van der Waals surface area contributed by atoms with E-state index in [4.69, 9.17) is 4.74 Å². The van der Waals surface area contributed by atoms with Gasteiger partial charge in [-0.15, -0.1) is 0 Å². The molecule has 2 amide bonds. The highest BCUT2D eigenvalue weighted by Gasteiger charge is 2.19. The minimum Gasteiger partial charge on any atom is -0.497 e. The molecule has 21 heavy (non-hydrogen) atoms. The van der Waals surface area contributed by atoms with Gasteiger partial charge in [0.05, 0.1) is 19.7 Å². The number of carbonyl (C=O) groups excluding carboxylic acids is 2. The molecule has 1 atom stereocenters. The zero-order valence-electron chi connectivity index (χ0n) is 13.0. The first-order valence-corrected chi connectivity index (χ1v) is 6.89. The molecule has 1 rings (SSSR count). The number of nitrogens with one attached hydrogen (secondary N) is 2. The summed E-state index contributed by atoms with van der Waals surface area (Å²) in [7, 11) is 3.31. The fourth-order valence-corrected chi connectivity index (χ4v) is 1.79. The number of carbonyl (C=O) groups is 2. The van der Waals surface area contributed by atoms with Gasteiger partial charge < -0.3 is 15.4 Å². The summed E-state index contributed by atoms with van der Waals surface area (Å²) in [6.45, 7) is 4.34. The highest BCUT2D eigenvalue weighted by molar-refractivity contribution is 5.93. The van der Waals surface area contributed by atoms with Crippen molar-refractivity contribution in [3.63, 3.8) is 0 Å². The summed E-state index contributed by atoms with van der Waals surface area (Å²) in [5.41, 5.74) is 0.665. The molecule has 0 spiro atoms. The Balaban J connectivity index is 2.54. The number of methoxy groups -OCH3 is 1. The van der Waals surface area contributed by atoms with Crippen LogP contribution in [0.3, 0.4) is 0 Å². The summed E-state index contributed by atoms with van der Waals surface area (Å²) in [5.74, 6) is 0.410. The first-order valence-electron chi connectivity index (χ1n) is 6.89. The molecule has 0 heterocycles. The number of hydrogen-bond acceptors (Lipinski definition) is 4. The number of rotatable bonds is 7.